The van der Waals surface area contributed by atoms with Gasteiger partial charge in [0.15, 0.2) is 0 Å². The summed E-state index contributed by atoms with van der Waals surface area (Å²) in [4.78, 5) is 26.8. The number of methoxy groups -OCH3 is 1. The van der Waals surface area contributed by atoms with Gasteiger partial charge in [0.2, 0.25) is 11.8 Å². The third-order valence-corrected chi connectivity index (χ3v) is 4.91. The van der Waals surface area contributed by atoms with Crippen LogP contribution in [0.4, 0.5) is 13.2 Å². The fraction of sp³-hybridized carbons (Fsp3) is 0.895. The lowest BCUT2D eigenvalue weighted by Crippen LogP contribution is -2.46. The van der Waals surface area contributed by atoms with Crippen LogP contribution >= 0.6 is 0 Å². The summed E-state index contributed by atoms with van der Waals surface area (Å²) in [7, 11) is 1.55. The minimum absolute atomic E-state index is 0.00528. The first kappa shape index (κ1) is 23.7. The number of amides is 2. The Balaban J connectivity index is 2.80. The molecule has 1 heterocycles. The van der Waals surface area contributed by atoms with E-state index in [1.807, 2.05) is 20.8 Å². The van der Waals surface area contributed by atoms with Crippen molar-refractivity contribution in [3.05, 3.63) is 0 Å². The highest BCUT2D eigenvalue weighted by Crippen LogP contribution is 2.34. The Morgan fingerprint density at radius 2 is 1.89 bits per heavy atom. The fourth-order valence-electron chi connectivity index (χ4n) is 3.65. The standard InChI is InChI=1S/C19H33F3N2O3/c1-13(10-27-6)15(25)24-8-7-14(9-17(2,3)12-24)23-16(26)18(4,5)11-19(20,21)22/h13-14H,7-12H2,1-6H3,(H,23,26). The SMILES string of the molecule is COCC(C)C(=O)N1CCC(NC(=O)C(C)(C)CC(F)(F)F)CC(C)(C)C1. The smallest absolute Gasteiger partial charge is 0.384 e. The highest BCUT2D eigenvalue weighted by molar-refractivity contribution is 5.82. The van der Waals surface area contributed by atoms with E-state index in [9.17, 15) is 22.8 Å². The van der Waals surface area contributed by atoms with Crippen LogP contribution < -0.4 is 5.32 Å². The number of rotatable bonds is 6. The zero-order valence-corrected chi connectivity index (χ0v) is 17.2. The first-order valence-corrected chi connectivity index (χ1v) is 9.32. The van der Waals surface area contributed by atoms with E-state index in [2.05, 4.69) is 5.32 Å². The van der Waals surface area contributed by atoms with Gasteiger partial charge in [-0.2, -0.15) is 13.2 Å². The average molecular weight is 394 g/mol. The van der Waals surface area contributed by atoms with Gasteiger partial charge in [-0.15, -0.1) is 0 Å². The van der Waals surface area contributed by atoms with Crippen LogP contribution in [0.3, 0.4) is 0 Å². The summed E-state index contributed by atoms with van der Waals surface area (Å²) in [5, 5.41) is 2.79. The molecule has 0 aromatic rings. The van der Waals surface area contributed by atoms with Gasteiger partial charge in [0.05, 0.1) is 24.4 Å². The minimum atomic E-state index is -4.40. The molecule has 0 spiro atoms. The summed E-state index contributed by atoms with van der Waals surface area (Å²) in [6, 6.07) is -0.268. The molecule has 0 aliphatic carbocycles. The summed E-state index contributed by atoms with van der Waals surface area (Å²) in [6.45, 7) is 9.75. The molecule has 1 rings (SSSR count). The van der Waals surface area contributed by atoms with Gasteiger partial charge in [0.1, 0.15) is 0 Å². The van der Waals surface area contributed by atoms with Gasteiger partial charge in [0, 0.05) is 26.2 Å². The zero-order chi connectivity index (χ0) is 21.0. The average Bonchev–Trinajstić information content (AvgIpc) is 2.62. The Labute approximate surface area is 160 Å². The lowest BCUT2D eigenvalue weighted by molar-refractivity contribution is -0.165. The largest absolute Gasteiger partial charge is 0.390 e. The van der Waals surface area contributed by atoms with E-state index in [0.717, 1.165) is 0 Å². The fourth-order valence-corrected chi connectivity index (χ4v) is 3.65. The Morgan fingerprint density at radius 3 is 2.41 bits per heavy atom. The number of alkyl halides is 3. The topological polar surface area (TPSA) is 58.6 Å². The van der Waals surface area contributed by atoms with Gasteiger partial charge >= 0.3 is 6.18 Å². The molecule has 158 valence electrons. The van der Waals surface area contributed by atoms with Gasteiger partial charge < -0.3 is 15.0 Å². The second-order valence-electron chi connectivity index (χ2n) is 9.12. The molecule has 5 nitrogen and oxygen atoms in total. The van der Waals surface area contributed by atoms with Crippen molar-refractivity contribution in [1.29, 1.82) is 0 Å². The molecule has 1 N–H and O–H groups in total. The van der Waals surface area contributed by atoms with Crippen LogP contribution in [0, 0.1) is 16.7 Å². The Kier molecular flexibility index (Phi) is 7.73. The number of hydrogen-bond donors (Lipinski definition) is 1. The van der Waals surface area contributed by atoms with Gasteiger partial charge in [-0.1, -0.05) is 34.6 Å². The minimum Gasteiger partial charge on any atom is -0.384 e. The predicted molar refractivity (Wildman–Crippen MR) is 97.0 cm³/mol. The van der Waals surface area contributed by atoms with Crippen molar-refractivity contribution in [1.82, 2.24) is 10.2 Å². The van der Waals surface area contributed by atoms with E-state index in [-0.39, 0.29) is 23.3 Å². The molecule has 2 atom stereocenters. The number of nitrogens with zero attached hydrogens (tertiary/aromatic N) is 1. The molecular formula is C19H33F3N2O3. The maximum atomic E-state index is 12.7. The van der Waals surface area contributed by atoms with Gasteiger partial charge in [-0.05, 0) is 18.3 Å². The number of hydrogen-bond acceptors (Lipinski definition) is 3. The molecule has 1 saturated heterocycles. The first-order valence-electron chi connectivity index (χ1n) is 9.32. The van der Waals surface area contributed by atoms with Crippen LogP contribution in [-0.2, 0) is 14.3 Å². The number of halogens is 3. The number of nitrogens with one attached hydrogen (secondary N) is 1. The molecule has 0 radical (unpaired) electrons. The number of ether oxygens (including phenoxy) is 1. The van der Waals surface area contributed by atoms with Gasteiger partial charge in [-0.25, -0.2) is 0 Å². The monoisotopic (exact) mass is 394 g/mol. The van der Waals surface area contributed by atoms with Crippen molar-refractivity contribution in [3.63, 3.8) is 0 Å². The van der Waals surface area contributed by atoms with Crippen LogP contribution in [0.1, 0.15) is 53.9 Å². The van der Waals surface area contributed by atoms with E-state index >= 15 is 0 Å². The molecule has 0 bridgehead atoms. The summed E-state index contributed by atoms with van der Waals surface area (Å²) >= 11 is 0. The summed E-state index contributed by atoms with van der Waals surface area (Å²) < 4.78 is 43.2. The Bertz CT molecular complexity index is 533. The Hall–Kier alpha value is -1.31. The van der Waals surface area contributed by atoms with Crippen molar-refractivity contribution >= 4 is 11.8 Å². The molecule has 0 aromatic carbocycles. The normalized spacial score (nSPS) is 22.1. The van der Waals surface area contributed by atoms with Crippen molar-refractivity contribution in [3.8, 4) is 0 Å². The number of carbonyl (C=O) groups excluding carboxylic acids is 2. The van der Waals surface area contributed by atoms with Crippen molar-refractivity contribution < 1.29 is 27.5 Å². The van der Waals surface area contributed by atoms with Crippen molar-refractivity contribution in [2.24, 2.45) is 16.7 Å². The Morgan fingerprint density at radius 1 is 1.30 bits per heavy atom. The first-order chi connectivity index (χ1) is 12.2. The third kappa shape index (κ3) is 7.68. The molecule has 1 aliphatic heterocycles. The highest BCUT2D eigenvalue weighted by Gasteiger charge is 2.42. The van der Waals surface area contributed by atoms with E-state index in [0.29, 0.717) is 32.5 Å². The molecule has 1 aliphatic rings. The summed E-state index contributed by atoms with van der Waals surface area (Å²) in [5.74, 6) is -0.870. The quantitative estimate of drug-likeness (QED) is 0.751. The van der Waals surface area contributed by atoms with Gasteiger partial charge in [0.25, 0.3) is 0 Å². The second-order valence-corrected chi connectivity index (χ2v) is 9.12. The molecule has 0 saturated carbocycles. The maximum absolute atomic E-state index is 12.7. The zero-order valence-electron chi connectivity index (χ0n) is 17.2. The lowest BCUT2D eigenvalue weighted by atomic mass is 9.84. The molecule has 0 aromatic heterocycles. The predicted octanol–water partition coefficient (Wildman–Crippen LogP) is 3.38. The second kappa shape index (κ2) is 8.80. The number of likely N-dealkylation sites (tertiary alicyclic amines) is 1. The van der Waals surface area contributed by atoms with Crippen molar-refractivity contribution in [2.45, 2.75) is 66.1 Å². The maximum Gasteiger partial charge on any atom is 0.390 e. The molecule has 27 heavy (non-hydrogen) atoms. The van der Waals surface area contributed by atoms with Crippen LogP contribution in [0.15, 0.2) is 0 Å². The van der Waals surface area contributed by atoms with E-state index in [1.165, 1.54) is 13.8 Å². The summed E-state index contributed by atoms with van der Waals surface area (Å²) in [6.07, 6.45) is -4.45. The van der Waals surface area contributed by atoms with Gasteiger partial charge in [-0.3, -0.25) is 9.59 Å². The van der Waals surface area contributed by atoms with Crippen LogP contribution in [0.5, 0.6) is 0 Å². The molecule has 8 heteroatoms. The molecule has 1 fully saturated rings. The van der Waals surface area contributed by atoms with Crippen LogP contribution in [0.2, 0.25) is 0 Å². The van der Waals surface area contributed by atoms with Crippen LogP contribution in [-0.4, -0.2) is 55.7 Å². The summed E-state index contributed by atoms with van der Waals surface area (Å²) in [5.41, 5.74) is -1.79. The highest BCUT2D eigenvalue weighted by atomic mass is 19.4. The van der Waals surface area contributed by atoms with E-state index < -0.39 is 23.9 Å². The lowest BCUT2D eigenvalue weighted by Gasteiger charge is -2.32. The molecular weight excluding hydrogens is 361 g/mol. The number of carbonyl (C=O) groups is 2. The van der Waals surface area contributed by atoms with Crippen molar-refractivity contribution in [2.75, 3.05) is 26.8 Å². The molecule has 2 unspecified atom stereocenters. The third-order valence-electron chi connectivity index (χ3n) is 4.91. The van der Waals surface area contributed by atoms with Crippen LogP contribution in [0.25, 0.3) is 0 Å². The van der Waals surface area contributed by atoms with E-state index in [4.69, 9.17) is 4.74 Å². The molecule has 2 amide bonds. The van der Waals surface area contributed by atoms with E-state index in [1.54, 1.807) is 12.0 Å².